The number of benzene rings is 4. The Balaban J connectivity index is 1.84. The largest absolute Gasteiger partial charge is 0.352 e. The fourth-order valence-corrected chi connectivity index (χ4v) is 6.86. The highest BCUT2D eigenvalue weighted by atomic mass is 35.5. The molecule has 2 amide bonds. The first-order chi connectivity index (χ1) is 21.4. The zero-order valence-electron chi connectivity index (χ0n) is 25.7. The molecule has 0 aromatic heterocycles. The van der Waals surface area contributed by atoms with Crippen LogP contribution in [0.15, 0.2) is 102 Å². The van der Waals surface area contributed by atoms with Crippen LogP contribution in [0.2, 0.25) is 10.0 Å². The van der Waals surface area contributed by atoms with Crippen molar-refractivity contribution in [2.45, 2.75) is 57.6 Å². The number of nitrogens with zero attached hydrogens (tertiary/aromatic N) is 2. The molecular formula is C35H37Cl2N3O4S. The van der Waals surface area contributed by atoms with Crippen LogP contribution in [0.25, 0.3) is 0 Å². The van der Waals surface area contributed by atoms with Gasteiger partial charge in [-0.2, -0.15) is 0 Å². The minimum atomic E-state index is -4.20. The highest BCUT2D eigenvalue weighted by Crippen LogP contribution is 2.29. The molecule has 45 heavy (non-hydrogen) atoms. The SMILES string of the molecule is Cc1ccc(S(=O)(=O)N(CC(=O)N(Cc2c(Cl)cccc2Cl)C(Cc2ccccc2)C(=O)NC(C)C)c2cccc(C)c2)cc1. The molecular weight excluding hydrogens is 629 g/mol. The number of carbonyl (C=O) groups is 2. The van der Waals surface area contributed by atoms with E-state index in [2.05, 4.69) is 5.32 Å². The zero-order chi connectivity index (χ0) is 32.7. The summed E-state index contributed by atoms with van der Waals surface area (Å²) < 4.78 is 29.4. The molecule has 236 valence electrons. The second kappa shape index (κ2) is 15.0. The van der Waals surface area contributed by atoms with Gasteiger partial charge in [0.1, 0.15) is 12.6 Å². The molecule has 1 N–H and O–H groups in total. The summed E-state index contributed by atoms with van der Waals surface area (Å²) in [6, 6.07) is 26.5. The fourth-order valence-electron chi connectivity index (χ4n) is 4.94. The average molecular weight is 667 g/mol. The number of sulfonamides is 1. The van der Waals surface area contributed by atoms with Crippen molar-refractivity contribution < 1.29 is 18.0 Å². The van der Waals surface area contributed by atoms with Gasteiger partial charge in [0.25, 0.3) is 10.0 Å². The lowest BCUT2D eigenvalue weighted by molar-refractivity contribution is -0.140. The number of amides is 2. The number of hydrogen-bond donors (Lipinski definition) is 1. The summed E-state index contributed by atoms with van der Waals surface area (Å²) in [5, 5.41) is 3.59. The summed E-state index contributed by atoms with van der Waals surface area (Å²) in [6.07, 6.45) is 0.183. The second-order valence-corrected chi connectivity index (χ2v) is 13.9. The summed E-state index contributed by atoms with van der Waals surface area (Å²) in [5.41, 5.74) is 3.32. The maximum Gasteiger partial charge on any atom is 0.264 e. The molecule has 1 atom stereocenters. The fraction of sp³-hybridized carbons (Fsp3) is 0.257. The normalized spacial score (nSPS) is 12.1. The number of nitrogens with one attached hydrogen (secondary N) is 1. The van der Waals surface area contributed by atoms with Crippen molar-refractivity contribution in [2.75, 3.05) is 10.8 Å². The van der Waals surface area contributed by atoms with Crippen LogP contribution in [0, 0.1) is 13.8 Å². The molecule has 0 saturated heterocycles. The predicted molar refractivity (Wildman–Crippen MR) is 181 cm³/mol. The van der Waals surface area contributed by atoms with E-state index in [1.807, 2.05) is 64.1 Å². The third-order valence-corrected chi connectivity index (χ3v) is 9.77. The van der Waals surface area contributed by atoms with E-state index in [9.17, 15) is 18.0 Å². The summed E-state index contributed by atoms with van der Waals surface area (Å²) in [7, 11) is -4.20. The number of anilines is 1. The van der Waals surface area contributed by atoms with Gasteiger partial charge >= 0.3 is 0 Å². The van der Waals surface area contributed by atoms with Gasteiger partial charge < -0.3 is 10.2 Å². The van der Waals surface area contributed by atoms with Crippen LogP contribution < -0.4 is 9.62 Å². The molecule has 0 aliphatic rings. The van der Waals surface area contributed by atoms with Gasteiger partial charge in [0, 0.05) is 34.6 Å². The average Bonchev–Trinajstić information content (AvgIpc) is 2.99. The van der Waals surface area contributed by atoms with E-state index >= 15 is 0 Å². The number of aryl methyl sites for hydroxylation is 2. The lowest BCUT2D eigenvalue weighted by Gasteiger charge is -2.34. The van der Waals surface area contributed by atoms with Gasteiger partial charge in [-0.25, -0.2) is 8.42 Å². The van der Waals surface area contributed by atoms with Crippen LogP contribution in [0.3, 0.4) is 0 Å². The van der Waals surface area contributed by atoms with E-state index in [0.29, 0.717) is 21.3 Å². The topological polar surface area (TPSA) is 86.8 Å². The molecule has 0 radical (unpaired) electrons. The Morgan fingerprint density at radius 3 is 2.02 bits per heavy atom. The molecule has 1 unspecified atom stereocenters. The summed E-state index contributed by atoms with van der Waals surface area (Å²) in [4.78, 5) is 29.8. The molecule has 0 aliphatic heterocycles. The quantitative estimate of drug-likeness (QED) is 0.177. The van der Waals surface area contributed by atoms with Crippen molar-refractivity contribution in [3.8, 4) is 0 Å². The number of carbonyl (C=O) groups excluding carboxylic acids is 2. The third-order valence-electron chi connectivity index (χ3n) is 7.27. The second-order valence-electron chi connectivity index (χ2n) is 11.3. The Morgan fingerprint density at radius 2 is 1.42 bits per heavy atom. The van der Waals surface area contributed by atoms with Crippen LogP contribution in [0.1, 0.15) is 36.1 Å². The first-order valence-electron chi connectivity index (χ1n) is 14.6. The molecule has 0 bridgehead atoms. The van der Waals surface area contributed by atoms with Crippen molar-refractivity contribution in [2.24, 2.45) is 0 Å². The smallest absolute Gasteiger partial charge is 0.264 e. The van der Waals surface area contributed by atoms with E-state index in [1.165, 1.54) is 17.0 Å². The third kappa shape index (κ3) is 8.66. The first kappa shape index (κ1) is 34.0. The van der Waals surface area contributed by atoms with Gasteiger partial charge in [0.05, 0.1) is 10.6 Å². The van der Waals surface area contributed by atoms with E-state index < -0.39 is 28.5 Å². The van der Waals surface area contributed by atoms with Crippen molar-refractivity contribution >= 4 is 50.7 Å². The molecule has 7 nitrogen and oxygen atoms in total. The van der Waals surface area contributed by atoms with Crippen LogP contribution >= 0.6 is 23.2 Å². The van der Waals surface area contributed by atoms with Crippen molar-refractivity contribution in [3.05, 3.63) is 129 Å². The van der Waals surface area contributed by atoms with Crippen LogP contribution in [0.4, 0.5) is 5.69 Å². The molecule has 10 heteroatoms. The lowest BCUT2D eigenvalue weighted by Crippen LogP contribution is -2.54. The first-order valence-corrected chi connectivity index (χ1v) is 16.8. The van der Waals surface area contributed by atoms with E-state index in [4.69, 9.17) is 23.2 Å². The molecule has 4 rings (SSSR count). The van der Waals surface area contributed by atoms with Crippen LogP contribution in [0.5, 0.6) is 0 Å². The van der Waals surface area contributed by atoms with Gasteiger partial charge in [-0.3, -0.25) is 13.9 Å². The van der Waals surface area contributed by atoms with Crippen LogP contribution in [-0.4, -0.2) is 43.8 Å². The maximum absolute atomic E-state index is 14.5. The van der Waals surface area contributed by atoms with Crippen molar-refractivity contribution in [3.63, 3.8) is 0 Å². The molecule has 0 saturated carbocycles. The Kier molecular flexibility index (Phi) is 11.3. The number of halogens is 2. The Labute approximate surface area is 275 Å². The molecule has 0 heterocycles. The molecule has 4 aromatic rings. The van der Waals surface area contributed by atoms with Crippen LogP contribution in [-0.2, 0) is 32.6 Å². The Morgan fingerprint density at radius 1 is 0.800 bits per heavy atom. The minimum absolute atomic E-state index is 0.0430. The summed E-state index contributed by atoms with van der Waals surface area (Å²) in [6.45, 7) is 6.70. The Hall–Kier alpha value is -3.85. The zero-order valence-corrected chi connectivity index (χ0v) is 28.0. The molecule has 4 aromatic carbocycles. The van der Waals surface area contributed by atoms with Gasteiger partial charge in [0.2, 0.25) is 11.8 Å². The van der Waals surface area contributed by atoms with Crippen molar-refractivity contribution in [1.29, 1.82) is 0 Å². The van der Waals surface area contributed by atoms with E-state index in [0.717, 1.165) is 21.0 Å². The van der Waals surface area contributed by atoms with Crippen molar-refractivity contribution in [1.82, 2.24) is 10.2 Å². The van der Waals surface area contributed by atoms with Gasteiger partial charge in [-0.1, -0.05) is 89.4 Å². The molecule has 0 spiro atoms. The lowest BCUT2D eigenvalue weighted by atomic mass is 10.0. The van der Waals surface area contributed by atoms with E-state index in [1.54, 1.807) is 48.5 Å². The van der Waals surface area contributed by atoms with Gasteiger partial charge in [-0.15, -0.1) is 0 Å². The summed E-state index contributed by atoms with van der Waals surface area (Å²) >= 11 is 13.1. The van der Waals surface area contributed by atoms with Gasteiger partial charge in [-0.05, 0) is 75.2 Å². The number of hydrogen-bond acceptors (Lipinski definition) is 4. The highest BCUT2D eigenvalue weighted by Gasteiger charge is 2.35. The molecule has 0 fully saturated rings. The predicted octanol–water partition coefficient (Wildman–Crippen LogP) is 6.97. The maximum atomic E-state index is 14.5. The van der Waals surface area contributed by atoms with E-state index in [-0.39, 0.29) is 29.8 Å². The summed E-state index contributed by atoms with van der Waals surface area (Å²) in [5.74, 6) is -0.975. The highest BCUT2D eigenvalue weighted by molar-refractivity contribution is 7.92. The standard InChI is InChI=1S/C35H37Cl2N3O4S/c1-24(2)38-35(42)33(21-27-11-6-5-7-12-27)39(22-30-31(36)14-9-15-32(30)37)34(41)23-40(28-13-8-10-26(4)20-28)45(43,44)29-18-16-25(3)17-19-29/h5-20,24,33H,21-23H2,1-4H3,(H,38,42). The monoisotopic (exact) mass is 665 g/mol. The Bertz CT molecular complexity index is 1730. The van der Waals surface area contributed by atoms with Gasteiger partial charge in [0.15, 0.2) is 0 Å². The molecule has 0 aliphatic carbocycles. The minimum Gasteiger partial charge on any atom is -0.352 e. The number of rotatable bonds is 12.